The summed E-state index contributed by atoms with van der Waals surface area (Å²) in [6, 6.07) is 88.2. The molecule has 2 aliphatic heterocycles. The third-order valence-corrected chi connectivity index (χ3v) is 17.4. The van der Waals surface area contributed by atoms with Crippen molar-refractivity contribution in [3.8, 4) is 34.0 Å². The summed E-state index contributed by atoms with van der Waals surface area (Å²) in [6.07, 6.45) is 0. The van der Waals surface area contributed by atoms with E-state index in [1.807, 2.05) is 36.4 Å². The molecule has 7 heteroatoms. The number of hydrogen-bond donors (Lipinski definition) is 0. The number of nitrogens with zero attached hydrogens (tertiary/aromatic N) is 3. The zero-order chi connectivity index (χ0) is 56.5. The molecule has 3 aromatic heterocycles. The summed E-state index contributed by atoms with van der Waals surface area (Å²) in [5.74, 6) is 2.46. The van der Waals surface area contributed by atoms with Crippen molar-refractivity contribution >= 4 is 118 Å². The van der Waals surface area contributed by atoms with Gasteiger partial charge in [-0.05, 0) is 191 Å². The standard InChI is InChI=1S/C77H58BN3O3/c1-47-35-67-75-68(36-47)81(76-48(2)17-16-18-49(76)3)66-46-61(79(59-22-8-7-9-23-59)60-31-29-50-37-55(28-27-51(50)39-60)72-42-52-19-10-13-24-69(52)82-72)32-33-63(66)78(75)64-45-58(77(4,5)6)30-34-65(64)80(67)62-40-56(73-43-53-20-11-14-25-70(53)83-73)38-57(41-62)74-44-54-21-12-15-26-71(54)84-74/h7-46H,1-6H3. The highest BCUT2D eigenvalue weighted by atomic mass is 16.3. The molecule has 2 aliphatic rings. The van der Waals surface area contributed by atoms with Crippen LogP contribution in [0.4, 0.5) is 51.2 Å². The van der Waals surface area contributed by atoms with Gasteiger partial charge in [-0.2, -0.15) is 0 Å². The van der Waals surface area contributed by atoms with Gasteiger partial charge in [-0.3, -0.25) is 0 Å². The molecule has 0 N–H and O–H groups in total. The minimum absolute atomic E-state index is 0.117. The van der Waals surface area contributed by atoms with Gasteiger partial charge >= 0.3 is 0 Å². The second kappa shape index (κ2) is 18.9. The summed E-state index contributed by atoms with van der Waals surface area (Å²) in [4.78, 5) is 7.51. The Hall–Kier alpha value is -10.2. The van der Waals surface area contributed by atoms with Gasteiger partial charge < -0.3 is 28.0 Å². The first-order chi connectivity index (χ1) is 40.9. The molecule has 16 rings (SSSR count). The van der Waals surface area contributed by atoms with E-state index in [0.717, 1.165) is 129 Å². The van der Waals surface area contributed by atoms with Gasteiger partial charge in [-0.25, -0.2) is 0 Å². The van der Waals surface area contributed by atoms with Crippen molar-refractivity contribution in [2.75, 3.05) is 14.7 Å². The van der Waals surface area contributed by atoms with E-state index in [4.69, 9.17) is 13.3 Å². The summed E-state index contributed by atoms with van der Waals surface area (Å²) < 4.78 is 19.8. The number of benzene rings is 11. The van der Waals surface area contributed by atoms with Crippen molar-refractivity contribution in [3.63, 3.8) is 0 Å². The van der Waals surface area contributed by atoms with E-state index in [1.54, 1.807) is 0 Å². The molecule has 402 valence electrons. The zero-order valence-corrected chi connectivity index (χ0v) is 47.7. The highest BCUT2D eigenvalue weighted by molar-refractivity contribution is 7.00. The van der Waals surface area contributed by atoms with Gasteiger partial charge in [0, 0.05) is 78.3 Å². The Morgan fingerprint density at radius 2 is 0.917 bits per heavy atom. The average Bonchev–Trinajstić information content (AvgIpc) is 0.952. The van der Waals surface area contributed by atoms with Gasteiger partial charge in [0.05, 0.1) is 5.69 Å². The first-order valence-corrected chi connectivity index (χ1v) is 29.1. The summed E-state index contributed by atoms with van der Waals surface area (Å²) in [5, 5.41) is 5.51. The topological polar surface area (TPSA) is 49.1 Å². The van der Waals surface area contributed by atoms with Crippen LogP contribution < -0.4 is 31.1 Å². The molecule has 0 unspecified atom stereocenters. The highest BCUT2D eigenvalue weighted by Gasteiger charge is 2.45. The predicted octanol–water partition coefficient (Wildman–Crippen LogP) is 19.9. The Morgan fingerprint density at radius 1 is 0.369 bits per heavy atom. The molecule has 84 heavy (non-hydrogen) atoms. The van der Waals surface area contributed by atoms with Crippen LogP contribution in [0.15, 0.2) is 256 Å². The van der Waals surface area contributed by atoms with E-state index >= 15 is 0 Å². The Balaban J connectivity index is 0.914. The summed E-state index contributed by atoms with van der Waals surface area (Å²) in [5.41, 5.74) is 24.0. The third-order valence-electron chi connectivity index (χ3n) is 17.4. The minimum Gasteiger partial charge on any atom is -0.456 e. The second-order valence-electron chi connectivity index (χ2n) is 24.0. The van der Waals surface area contributed by atoms with Crippen LogP contribution in [-0.4, -0.2) is 6.71 Å². The Bertz CT molecular complexity index is 4770. The van der Waals surface area contributed by atoms with Crippen LogP contribution in [0.5, 0.6) is 0 Å². The van der Waals surface area contributed by atoms with Crippen LogP contribution >= 0.6 is 0 Å². The van der Waals surface area contributed by atoms with Crippen LogP contribution in [0.2, 0.25) is 0 Å². The van der Waals surface area contributed by atoms with Crippen LogP contribution in [0.25, 0.3) is 77.7 Å². The lowest BCUT2D eigenvalue weighted by molar-refractivity contribution is 0.591. The molecule has 0 saturated heterocycles. The van der Waals surface area contributed by atoms with E-state index in [2.05, 4.69) is 262 Å². The maximum atomic E-state index is 6.71. The molecule has 11 aromatic carbocycles. The fourth-order valence-corrected chi connectivity index (χ4v) is 13.4. The van der Waals surface area contributed by atoms with Crippen LogP contribution in [0.3, 0.4) is 0 Å². The monoisotopic (exact) mass is 1080 g/mol. The van der Waals surface area contributed by atoms with Crippen molar-refractivity contribution < 1.29 is 13.3 Å². The minimum atomic E-state index is -0.122. The molecule has 0 aliphatic carbocycles. The number of furan rings is 3. The summed E-state index contributed by atoms with van der Waals surface area (Å²) in [6.45, 7) is 13.6. The smallest absolute Gasteiger partial charge is 0.252 e. The van der Waals surface area contributed by atoms with Crippen molar-refractivity contribution in [3.05, 3.63) is 265 Å². The van der Waals surface area contributed by atoms with E-state index in [9.17, 15) is 0 Å². The fraction of sp³-hybridized carbons (Fsp3) is 0.0909. The molecular formula is C77H58BN3O3. The Kier molecular flexibility index (Phi) is 11.2. The first-order valence-electron chi connectivity index (χ1n) is 29.1. The molecule has 0 fully saturated rings. The van der Waals surface area contributed by atoms with E-state index < -0.39 is 0 Å². The molecule has 0 bridgehead atoms. The molecule has 0 radical (unpaired) electrons. The van der Waals surface area contributed by atoms with Gasteiger partial charge in [0.1, 0.15) is 34.0 Å². The van der Waals surface area contributed by atoms with Crippen LogP contribution in [-0.2, 0) is 5.41 Å². The number of anilines is 9. The van der Waals surface area contributed by atoms with Crippen molar-refractivity contribution in [2.24, 2.45) is 0 Å². The number of fused-ring (bicyclic) bond motifs is 8. The SMILES string of the molecule is Cc1cc2c3c(c1)N(c1c(C)cccc1C)c1cc(N(c4ccccc4)c4ccc5cc(-c6cc7ccccc7o6)ccc5c4)ccc1B3c1cc(C(C)(C)C)ccc1N2c1cc(-c2cc3ccccc3o2)cc(-c2cc3ccccc3o2)c1. The Morgan fingerprint density at radius 3 is 1.54 bits per heavy atom. The number of aryl methyl sites for hydroxylation is 3. The summed E-state index contributed by atoms with van der Waals surface area (Å²) >= 11 is 0. The lowest BCUT2D eigenvalue weighted by atomic mass is 9.33. The molecule has 0 atom stereocenters. The number of hydrogen-bond acceptors (Lipinski definition) is 6. The first kappa shape index (κ1) is 49.6. The molecule has 0 amide bonds. The average molecular weight is 1080 g/mol. The van der Waals surface area contributed by atoms with Gasteiger partial charge in [-0.15, -0.1) is 0 Å². The highest BCUT2D eigenvalue weighted by Crippen LogP contribution is 2.50. The fourth-order valence-electron chi connectivity index (χ4n) is 13.4. The molecule has 14 aromatic rings. The second-order valence-corrected chi connectivity index (χ2v) is 24.0. The molecular weight excluding hydrogens is 1030 g/mol. The normalized spacial score (nSPS) is 12.8. The van der Waals surface area contributed by atoms with E-state index in [-0.39, 0.29) is 12.1 Å². The maximum Gasteiger partial charge on any atom is 0.252 e. The van der Waals surface area contributed by atoms with Gasteiger partial charge in [0.2, 0.25) is 0 Å². The molecule has 0 spiro atoms. The molecule has 5 heterocycles. The van der Waals surface area contributed by atoms with Crippen LogP contribution in [0, 0.1) is 20.8 Å². The van der Waals surface area contributed by atoms with Crippen LogP contribution in [0.1, 0.15) is 43.0 Å². The van der Waals surface area contributed by atoms with Crippen molar-refractivity contribution in [1.29, 1.82) is 0 Å². The maximum absolute atomic E-state index is 6.71. The van der Waals surface area contributed by atoms with Gasteiger partial charge in [0.15, 0.2) is 0 Å². The molecule has 6 nitrogen and oxygen atoms in total. The van der Waals surface area contributed by atoms with Crippen molar-refractivity contribution in [1.82, 2.24) is 0 Å². The largest absolute Gasteiger partial charge is 0.456 e. The third kappa shape index (κ3) is 8.09. The number of rotatable bonds is 8. The van der Waals surface area contributed by atoms with Gasteiger partial charge in [0.25, 0.3) is 6.71 Å². The number of para-hydroxylation sites is 5. The molecule has 0 saturated carbocycles. The van der Waals surface area contributed by atoms with E-state index in [1.165, 1.54) is 38.8 Å². The van der Waals surface area contributed by atoms with E-state index in [0.29, 0.717) is 0 Å². The zero-order valence-electron chi connectivity index (χ0n) is 47.7. The summed E-state index contributed by atoms with van der Waals surface area (Å²) in [7, 11) is 0. The predicted molar refractivity (Wildman–Crippen MR) is 351 cm³/mol. The van der Waals surface area contributed by atoms with Gasteiger partial charge in [-0.1, -0.05) is 148 Å². The quantitative estimate of drug-likeness (QED) is 0.141. The lowest BCUT2D eigenvalue weighted by Gasteiger charge is -2.45. The van der Waals surface area contributed by atoms with Crippen molar-refractivity contribution in [2.45, 2.75) is 47.0 Å². The Labute approximate surface area is 489 Å². The lowest BCUT2D eigenvalue weighted by Crippen LogP contribution is -2.61.